The molecular formula is C13H12O3. The van der Waals surface area contributed by atoms with Crippen LogP contribution in [0.3, 0.4) is 0 Å². The minimum Gasteiger partial charge on any atom is -0.438 e. The van der Waals surface area contributed by atoms with Crippen molar-refractivity contribution in [3.05, 3.63) is 35.4 Å². The maximum absolute atomic E-state index is 11.1. The van der Waals surface area contributed by atoms with Crippen LogP contribution in [0.5, 0.6) is 0 Å². The van der Waals surface area contributed by atoms with E-state index in [1.165, 1.54) is 7.11 Å². The van der Waals surface area contributed by atoms with Gasteiger partial charge in [0.05, 0.1) is 7.11 Å². The van der Waals surface area contributed by atoms with Crippen molar-refractivity contribution >= 4 is 6.16 Å². The van der Waals surface area contributed by atoms with Gasteiger partial charge in [-0.3, -0.25) is 0 Å². The molecule has 0 bridgehead atoms. The first-order valence-corrected chi connectivity index (χ1v) is 5.00. The standard InChI is InChI=1S/C13H12O3/c1-3-13(16-12(14)15-2)8-10-6-4-5-7-11(10)9-13/h1,4-7H,8-9H2,2H3. The van der Waals surface area contributed by atoms with Gasteiger partial charge in [0.25, 0.3) is 0 Å². The lowest BCUT2D eigenvalue weighted by atomic mass is 10.0. The fraction of sp³-hybridized carbons (Fsp3) is 0.308. The topological polar surface area (TPSA) is 35.5 Å². The van der Waals surface area contributed by atoms with Crippen molar-refractivity contribution in [1.82, 2.24) is 0 Å². The van der Waals surface area contributed by atoms with Crippen LogP contribution < -0.4 is 0 Å². The molecule has 0 radical (unpaired) electrons. The Kier molecular flexibility index (Phi) is 2.57. The molecule has 0 spiro atoms. The first-order chi connectivity index (χ1) is 7.69. The summed E-state index contributed by atoms with van der Waals surface area (Å²) in [6.45, 7) is 0. The van der Waals surface area contributed by atoms with Gasteiger partial charge in [-0.1, -0.05) is 30.2 Å². The van der Waals surface area contributed by atoms with Crippen LogP contribution in [0.2, 0.25) is 0 Å². The monoisotopic (exact) mass is 216 g/mol. The molecule has 0 saturated carbocycles. The van der Waals surface area contributed by atoms with E-state index >= 15 is 0 Å². The number of methoxy groups -OCH3 is 1. The highest BCUT2D eigenvalue weighted by Crippen LogP contribution is 2.32. The number of rotatable bonds is 1. The highest BCUT2D eigenvalue weighted by Gasteiger charge is 2.39. The predicted molar refractivity (Wildman–Crippen MR) is 58.9 cm³/mol. The SMILES string of the molecule is C#CC1(OC(=O)OC)Cc2ccccc2C1. The Balaban J connectivity index is 2.24. The number of carbonyl (C=O) groups is 1. The molecule has 0 atom stereocenters. The lowest BCUT2D eigenvalue weighted by Gasteiger charge is -2.21. The van der Waals surface area contributed by atoms with E-state index in [1.807, 2.05) is 24.3 Å². The zero-order valence-corrected chi connectivity index (χ0v) is 9.03. The van der Waals surface area contributed by atoms with Crippen LogP contribution in [-0.4, -0.2) is 18.9 Å². The van der Waals surface area contributed by atoms with Gasteiger partial charge in [0, 0.05) is 12.8 Å². The van der Waals surface area contributed by atoms with Gasteiger partial charge in [0.2, 0.25) is 0 Å². The van der Waals surface area contributed by atoms with E-state index in [0.717, 1.165) is 11.1 Å². The van der Waals surface area contributed by atoms with Gasteiger partial charge in [-0.2, -0.15) is 0 Å². The Labute approximate surface area is 94.4 Å². The van der Waals surface area contributed by atoms with Gasteiger partial charge in [-0.15, -0.1) is 6.42 Å². The molecule has 0 N–H and O–H groups in total. The average Bonchev–Trinajstić information content (AvgIpc) is 2.67. The molecule has 0 heterocycles. The van der Waals surface area contributed by atoms with Crippen molar-refractivity contribution in [3.63, 3.8) is 0 Å². The lowest BCUT2D eigenvalue weighted by Crippen LogP contribution is -2.34. The summed E-state index contributed by atoms with van der Waals surface area (Å²) in [6.07, 6.45) is 5.84. The van der Waals surface area contributed by atoms with Crippen LogP contribution in [0.15, 0.2) is 24.3 Å². The molecule has 3 heteroatoms. The van der Waals surface area contributed by atoms with Gasteiger partial charge in [-0.25, -0.2) is 4.79 Å². The molecule has 1 aliphatic carbocycles. The van der Waals surface area contributed by atoms with E-state index in [-0.39, 0.29) is 0 Å². The molecule has 0 aromatic heterocycles. The van der Waals surface area contributed by atoms with Crippen molar-refractivity contribution in [3.8, 4) is 12.3 Å². The van der Waals surface area contributed by atoms with Crippen molar-refractivity contribution in [2.24, 2.45) is 0 Å². The number of hydrogen-bond donors (Lipinski definition) is 0. The number of fused-ring (bicyclic) bond motifs is 1. The van der Waals surface area contributed by atoms with E-state index in [0.29, 0.717) is 12.8 Å². The molecule has 2 rings (SSSR count). The van der Waals surface area contributed by atoms with Crippen LogP contribution in [0.1, 0.15) is 11.1 Å². The number of ether oxygens (including phenoxy) is 2. The second-order valence-electron chi connectivity index (χ2n) is 3.82. The van der Waals surface area contributed by atoms with E-state index in [9.17, 15) is 4.79 Å². The summed E-state index contributed by atoms with van der Waals surface area (Å²) in [4.78, 5) is 11.1. The molecule has 0 unspecified atom stereocenters. The first-order valence-electron chi connectivity index (χ1n) is 5.00. The Morgan fingerprint density at radius 3 is 2.38 bits per heavy atom. The third kappa shape index (κ3) is 1.74. The molecule has 1 aromatic rings. The molecule has 16 heavy (non-hydrogen) atoms. The van der Waals surface area contributed by atoms with Gasteiger partial charge in [0.15, 0.2) is 5.60 Å². The number of benzene rings is 1. The van der Waals surface area contributed by atoms with Crippen LogP contribution in [0.4, 0.5) is 4.79 Å². The summed E-state index contributed by atoms with van der Waals surface area (Å²) < 4.78 is 9.66. The first kappa shape index (κ1) is 10.6. The summed E-state index contributed by atoms with van der Waals surface area (Å²) in [6, 6.07) is 7.89. The van der Waals surface area contributed by atoms with Gasteiger partial charge >= 0.3 is 6.16 Å². The molecule has 1 aromatic carbocycles. The molecule has 82 valence electrons. The van der Waals surface area contributed by atoms with Crippen LogP contribution in [-0.2, 0) is 22.3 Å². The second-order valence-corrected chi connectivity index (χ2v) is 3.82. The number of hydrogen-bond acceptors (Lipinski definition) is 3. The number of terminal acetylenes is 1. The summed E-state index contributed by atoms with van der Waals surface area (Å²) in [5.74, 6) is 2.57. The molecule has 0 fully saturated rings. The molecular weight excluding hydrogens is 204 g/mol. The van der Waals surface area contributed by atoms with Crippen molar-refractivity contribution in [2.75, 3.05) is 7.11 Å². The van der Waals surface area contributed by atoms with Gasteiger partial charge < -0.3 is 9.47 Å². The Morgan fingerprint density at radius 2 is 1.94 bits per heavy atom. The maximum atomic E-state index is 11.1. The Hall–Kier alpha value is -1.95. The fourth-order valence-electron chi connectivity index (χ4n) is 1.99. The quantitative estimate of drug-likeness (QED) is 0.531. The summed E-state index contributed by atoms with van der Waals surface area (Å²) in [5.41, 5.74) is 1.38. The zero-order valence-electron chi connectivity index (χ0n) is 9.03. The normalized spacial score (nSPS) is 16.0. The minimum absolute atomic E-state index is 0.550. The lowest BCUT2D eigenvalue weighted by molar-refractivity contribution is 0.00973. The van der Waals surface area contributed by atoms with Crippen molar-refractivity contribution in [1.29, 1.82) is 0 Å². The molecule has 0 amide bonds. The Bertz CT molecular complexity index is 431. The van der Waals surface area contributed by atoms with Crippen LogP contribution in [0, 0.1) is 12.3 Å². The predicted octanol–water partition coefficient (Wildman–Crippen LogP) is 1.94. The minimum atomic E-state index is -0.878. The highest BCUT2D eigenvalue weighted by molar-refractivity contribution is 5.61. The maximum Gasteiger partial charge on any atom is 0.509 e. The zero-order chi connectivity index (χ0) is 11.6. The largest absolute Gasteiger partial charge is 0.509 e. The van der Waals surface area contributed by atoms with E-state index < -0.39 is 11.8 Å². The van der Waals surface area contributed by atoms with E-state index in [2.05, 4.69) is 10.7 Å². The summed E-state index contributed by atoms with van der Waals surface area (Å²) >= 11 is 0. The van der Waals surface area contributed by atoms with Gasteiger partial charge in [-0.05, 0) is 11.1 Å². The molecule has 0 saturated heterocycles. The van der Waals surface area contributed by atoms with Crippen molar-refractivity contribution in [2.45, 2.75) is 18.4 Å². The summed E-state index contributed by atoms with van der Waals surface area (Å²) in [5, 5.41) is 0. The van der Waals surface area contributed by atoms with E-state index in [1.54, 1.807) is 0 Å². The smallest absolute Gasteiger partial charge is 0.438 e. The fourth-order valence-corrected chi connectivity index (χ4v) is 1.99. The van der Waals surface area contributed by atoms with E-state index in [4.69, 9.17) is 11.2 Å². The third-order valence-corrected chi connectivity index (χ3v) is 2.78. The molecule has 0 aliphatic heterocycles. The Morgan fingerprint density at radius 1 is 1.38 bits per heavy atom. The third-order valence-electron chi connectivity index (χ3n) is 2.78. The molecule has 3 nitrogen and oxygen atoms in total. The van der Waals surface area contributed by atoms with Gasteiger partial charge in [0.1, 0.15) is 0 Å². The van der Waals surface area contributed by atoms with Crippen LogP contribution in [0.25, 0.3) is 0 Å². The molecule has 1 aliphatic rings. The van der Waals surface area contributed by atoms with Crippen LogP contribution >= 0.6 is 0 Å². The highest BCUT2D eigenvalue weighted by atomic mass is 16.7. The summed E-state index contributed by atoms with van der Waals surface area (Å²) in [7, 11) is 1.27. The number of carbonyl (C=O) groups excluding carboxylic acids is 1. The average molecular weight is 216 g/mol. The second kappa shape index (κ2) is 3.90. The van der Waals surface area contributed by atoms with Crippen molar-refractivity contribution < 1.29 is 14.3 Å².